The lowest BCUT2D eigenvalue weighted by molar-refractivity contribution is -0.117. The third-order valence-corrected chi connectivity index (χ3v) is 6.18. The van der Waals surface area contributed by atoms with Crippen molar-refractivity contribution in [1.82, 2.24) is 4.90 Å². The molecule has 0 unspecified atom stereocenters. The molecule has 29 heavy (non-hydrogen) atoms. The van der Waals surface area contributed by atoms with Crippen LogP contribution < -0.4 is 5.32 Å². The second-order valence-corrected chi connectivity index (χ2v) is 8.54. The van der Waals surface area contributed by atoms with E-state index in [9.17, 15) is 14.4 Å². The first kappa shape index (κ1) is 21.5. The van der Waals surface area contributed by atoms with Crippen molar-refractivity contribution in [1.29, 1.82) is 0 Å². The number of thiophene rings is 1. The quantitative estimate of drug-likeness (QED) is 0.436. The molecular weight excluding hydrogens is 392 g/mol. The van der Waals surface area contributed by atoms with E-state index in [-0.39, 0.29) is 36.1 Å². The summed E-state index contributed by atoms with van der Waals surface area (Å²) >= 11 is 1.04. The van der Waals surface area contributed by atoms with E-state index in [0.717, 1.165) is 30.7 Å². The monoisotopic (exact) mass is 420 g/mol. The Morgan fingerprint density at radius 3 is 2.52 bits per heavy atom. The van der Waals surface area contributed by atoms with E-state index in [4.69, 9.17) is 9.47 Å². The van der Waals surface area contributed by atoms with Gasteiger partial charge in [0.15, 0.2) is 0 Å². The summed E-state index contributed by atoms with van der Waals surface area (Å²) in [6.07, 6.45) is 6.20. The predicted octanol–water partition coefficient (Wildman–Crippen LogP) is 3.39. The molecule has 0 aliphatic heterocycles. The standard InChI is InChI=1S/C21H28N2O5S/c1-4-10-28-21(26)18-13(3)17(20(25)27-5-2)19(29-18)22-16(24)12-23(15-8-9-15)11-14-6-7-14/h4,14-15H,1,5-12H2,2-3H3,(H,22,24). The Morgan fingerprint density at radius 1 is 1.21 bits per heavy atom. The third kappa shape index (κ3) is 5.67. The number of amides is 1. The molecular formula is C21H28N2O5S. The average Bonchev–Trinajstić information content (AvgIpc) is 3.58. The zero-order chi connectivity index (χ0) is 21.0. The van der Waals surface area contributed by atoms with Crippen molar-refractivity contribution in [3.05, 3.63) is 28.7 Å². The van der Waals surface area contributed by atoms with Crippen molar-refractivity contribution in [2.45, 2.75) is 45.6 Å². The van der Waals surface area contributed by atoms with Gasteiger partial charge in [0, 0.05) is 12.6 Å². The molecule has 2 aliphatic rings. The highest BCUT2D eigenvalue weighted by Gasteiger charge is 2.35. The molecule has 0 bridgehead atoms. The SMILES string of the molecule is C=CCOC(=O)c1sc(NC(=O)CN(CC2CC2)C2CC2)c(C(=O)OCC)c1C. The molecule has 1 aromatic rings. The molecule has 0 aromatic carbocycles. The van der Waals surface area contributed by atoms with Crippen LogP contribution in [0.5, 0.6) is 0 Å². The zero-order valence-electron chi connectivity index (χ0n) is 17.0. The summed E-state index contributed by atoms with van der Waals surface area (Å²) in [6.45, 7) is 8.41. The predicted molar refractivity (Wildman–Crippen MR) is 111 cm³/mol. The van der Waals surface area contributed by atoms with Gasteiger partial charge in [-0.2, -0.15) is 0 Å². The Bertz CT molecular complexity index is 795. The van der Waals surface area contributed by atoms with Crippen LogP contribution >= 0.6 is 11.3 Å². The summed E-state index contributed by atoms with van der Waals surface area (Å²) in [6, 6.07) is 0.486. The van der Waals surface area contributed by atoms with Crippen molar-refractivity contribution < 1.29 is 23.9 Å². The number of carbonyl (C=O) groups is 3. The van der Waals surface area contributed by atoms with Crippen LogP contribution in [-0.2, 0) is 14.3 Å². The van der Waals surface area contributed by atoms with Crippen LogP contribution in [0.3, 0.4) is 0 Å². The van der Waals surface area contributed by atoms with Crippen LogP contribution in [0, 0.1) is 12.8 Å². The fraction of sp³-hybridized carbons (Fsp3) is 0.571. The molecule has 8 heteroatoms. The van der Waals surface area contributed by atoms with Crippen molar-refractivity contribution in [3.8, 4) is 0 Å². The number of carbonyl (C=O) groups excluding carboxylic acids is 3. The zero-order valence-corrected chi connectivity index (χ0v) is 17.8. The highest BCUT2D eigenvalue weighted by molar-refractivity contribution is 7.18. The fourth-order valence-electron chi connectivity index (χ4n) is 3.21. The van der Waals surface area contributed by atoms with E-state index in [0.29, 0.717) is 22.5 Å². The second kappa shape index (κ2) is 9.54. The van der Waals surface area contributed by atoms with E-state index in [1.807, 2.05) is 0 Å². The lowest BCUT2D eigenvalue weighted by Crippen LogP contribution is -2.36. The number of anilines is 1. The Kier molecular flexibility index (Phi) is 7.08. The first-order valence-corrected chi connectivity index (χ1v) is 10.9. The molecule has 158 valence electrons. The van der Waals surface area contributed by atoms with Gasteiger partial charge >= 0.3 is 11.9 Å². The minimum atomic E-state index is -0.559. The number of nitrogens with one attached hydrogen (secondary N) is 1. The first-order chi connectivity index (χ1) is 13.9. The van der Waals surface area contributed by atoms with Gasteiger partial charge in [0.25, 0.3) is 0 Å². The smallest absolute Gasteiger partial charge is 0.348 e. The van der Waals surface area contributed by atoms with E-state index in [1.165, 1.54) is 18.9 Å². The molecule has 2 saturated carbocycles. The Balaban J connectivity index is 1.76. The van der Waals surface area contributed by atoms with E-state index in [1.54, 1.807) is 13.8 Å². The van der Waals surface area contributed by atoms with Gasteiger partial charge in [-0.15, -0.1) is 11.3 Å². The maximum atomic E-state index is 12.7. The topological polar surface area (TPSA) is 84.9 Å². The van der Waals surface area contributed by atoms with Crippen LogP contribution in [0.2, 0.25) is 0 Å². The van der Waals surface area contributed by atoms with Crippen molar-refractivity contribution in [3.63, 3.8) is 0 Å². The summed E-state index contributed by atoms with van der Waals surface area (Å²) in [5, 5.41) is 3.17. The molecule has 1 amide bonds. The second-order valence-electron chi connectivity index (χ2n) is 7.52. The molecule has 0 saturated heterocycles. The maximum absolute atomic E-state index is 12.7. The number of hydrogen-bond donors (Lipinski definition) is 1. The number of ether oxygens (including phenoxy) is 2. The van der Waals surface area contributed by atoms with Gasteiger partial charge in [0.2, 0.25) is 5.91 Å². The van der Waals surface area contributed by atoms with Gasteiger partial charge in [0.1, 0.15) is 16.5 Å². The van der Waals surface area contributed by atoms with Crippen LogP contribution in [-0.4, -0.2) is 55.1 Å². The van der Waals surface area contributed by atoms with E-state index >= 15 is 0 Å². The Hall–Kier alpha value is -2.19. The summed E-state index contributed by atoms with van der Waals surface area (Å²) in [5.74, 6) is -0.591. The highest BCUT2D eigenvalue weighted by Crippen LogP contribution is 2.36. The lowest BCUT2D eigenvalue weighted by Gasteiger charge is -2.21. The normalized spacial score (nSPS) is 15.8. The van der Waals surface area contributed by atoms with Crippen molar-refractivity contribution in [2.24, 2.45) is 5.92 Å². The molecule has 3 rings (SSSR count). The molecule has 1 heterocycles. The van der Waals surface area contributed by atoms with Gasteiger partial charge in [-0.05, 0) is 51.0 Å². The highest BCUT2D eigenvalue weighted by atomic mass is 32.1. The minimum absolute atomic E-state index is 0.0735. The Morgan fingerprint density at radius 2 is 1.93 bits per heavy atom. The van der Waals surface area contributed by atoms with Gasteiger partial charge in [-0.1, -0.05) is 12.7 Å². The summed E-state index contributed by atoms with van der Waals surface area (Å²) in [7, 11) is 0. The van der Waals surface area contributed by atoms with Crippen LogP contribution in [0.1, 0.15) is 58.2 Å². The molecule has 2 aliphatic carbocycles. The number of hydrogen-bond acceptors (Lipinski definition) is 7. The summed E-state index contributed by atoms with van der Waals surface area (Å²) in [5.41, 5.74) is 0.672. The van der Waals surface area contributed by atoms with Gasteiger partial charge in [-0.25, -0.2) is 9.59 Å². The number of esters is 2. The minimum Gasteiger partial charge on any atom is -0.462 e. The van der Waals surface area contributed by atoms with Crippen molar-refractivity contribution >= 4 is 34.2 Å². The van der Waals surface area contributed by atoms with Gasteiger partial charge in [-0.3, -0.25) is 9.69 Å². The summed E-state index contributed by atoms with van der Waals surface area (Å²) in [4.78, 5) is 40.0. The van der Waals surface area contributed by atoms with Crippen LogP contribution in [0.4, 0.5) is 5.00 Å². The van der Waals surface area contributed by atoms with E-state index < -0.39 is 11.9 Å². The van der Waals surface area contributed by atoms with Crippen LogP contribution in [0.25, 0.3) is 0 Å². The molecule has 2 fully saturated rings. The largest absolute Gasteiger partial charge is 0.462 e. The fourth-order valence-corrected chi connectivity index (χ4v) is 4.32. The number of rotatable bonds is 11. The van der Waals surface area contributed by atoms with E-state index in [2.05, 4.69) is 16.8 Å². The molecule has 1 aromatic heterocycles. The molecule has 0 spiro atoms. The van der Waals surface area contributed by atoms with Gasteiger partial charge in [0.05, 0.1) is 18.7 Å². The van der Waals surface area contributed by atoms with Crippen LogP contribution in [0.15, 0.2) is 12.7 Å². The lowest BCUT2D eigenvalue weighted by atomic mass is 10.1. The summed E-state index contributed by atoms with van der Waals surface area (Å²) < 4.78 is 10.2. The molecule has 0 radical (unpaired) electrons. The van der Waals surface area contributed by atoms with Crippen molar-refractivity contribution in [2.75, 3.05) is 31.6 Å². The third-order valence-electron chi connectivity index (χ3n) is 5.00. The Labute approximate surface area is 175 Å². The maximum Gasteiger partial charge on any atom is 0.348 e. The number of nitrogens with zero attached hydrogens (tertiary/aromatic N) is 1. The molecule has 0 atom stereocenters. The average molecular weight is 421 g/mol. The first-order valence-electron chi connectivity index (χ1n) is 10.1. The molecule has 1 N–H and O–H groups in total. The van der Waals surface area contributed by atoms with Gasteiger partial charge < -0.3 is 14.8 Å². The molecule has 7 nitrogen and oxygen atoms in total.